The normalized spacial score (nSPS) is 18.1. The van der Waals surface area contributed by atoms with Crippen LogP contribution in [0.2, 0.25) is 0 Å². The number of nitrogens with one attached hydrogen (secondary N) is 2. The van der Waals surface area contributed by atoms with E-state index in [1.54, 1.807) is 23.5 Å². The Morgan fingerprint density at radius 1 is 1.30 bits per heavy atom. The summed E-state index contributed by atoms with van der Waals surface area (Å²) in [5, 5.41) is 5.94. The average Bonchev–Trinajstić information content (AvgIpc) is 3.15. The van der Waals surface area contributed by atoms with Gasteiger partial charge >= 0.3 is 6.03 Å². The third kappa shape index (κ3) is 3.39. The summed E-state index contributed by atoms with van der Waals surface area (Å²) in [5.41, 5.74) is 0.379. The second-order valence-electron chi connectivity index (χ2n) is 7.09. The Morgan fingerprint density at radius 3 is 2.78 bits per heavy atom. The van der Waals surface area contributed by atoms with E-state index in [9.17, 15) is 18.4 Å². The lowest BCUT2D eigenvalue weighted by atomic mass is 9.78. The van der Waals surface area contributed by atoms with Crippen LogP contribution < -0.4 is 10.6 Å². The van der Waals surface area contributed by atoms with Crippen LogP contribution in [0.15, 0.2) is 35.1 Å². The average molecular weight is 375 g/mol. The Kier molecular flexibility index (Phi) is 4.33. The number of benzene rings is 1. The Balaban J connectivity index is 1.41. The van der Waals surface area contributed by atoms with Gasteiger partial charge in [0.25, 0.3) is 0 Å². The number of likely N-dealkylation sites (tertiary alicyclic amines) is 1. The van der Waals surface area contributed by atoms with Gasteiger partial charge in [0.15, 0.2) is 5.78 Å². The van der Waals surface area contributed by atoms with E-state index in [1.165, 1.54) is 0 Å². The maximum absolute atomic E-state index is 14.1. The van der Waals surface area contributed by atoms with Gasteiger partial charge in [-0.25, -0.2) is 13.6 Å². The van der Waals surface area contributed by atoms with Gasteiger partial charge in [0.1, 0.15) is 11.6 Å². The number of carbonyl (C=O) groups is 2. The third-order valence-electron chi connectivity index (χ3n) is 5.28. The highest BCUT2D eigenvalue weighted by Crippen LogP contribution is 2.39. The monoisotopic (exact) mass is 375 g/mol. The molecule has 3 heterocycles. The molecular formula is C19H19F2N3O3. The molecule has 2 aliphatic rings. The number of anilines is 1. The van der Waals surface area contributed by atoms with Crippen molar-refractivity contribution in [2.24, 2.45) is 0 Å². The number of hydrogen-bond donors (Lipinski definition) is 2. The van der Waals surface area contributed by atoms with E-state index in [-0.39, 0.29) is 29.5 Å². The number of Topliss-reactive ketones (excluding diaryl/α,β-unsaturated/α-hetero) is 1. The van der Waals surface area contributed by atoms with E-state index >= 15 is 0 Å². The van der Waals surface area contributed by atoms with Crippen molar-refractivity contribution in [3.63, 3.8) is 0 Å². The summed E-state index contributed by atoms with van der Waals surface area (Å²) in [5.74, 6) is -1.81. The van der Waals surface area contributed by atoms with Crippen LogP contribution in [0.25, 0.3) is 0 Å². The maximum Gasteiger partial charge on any atom is 0.317 e. The fourth-order valence-electron chi connectivity index (χ4n) is 3.75. The van der Waals surface area contributed by atoms with Crippen LogP contribution in [0.1, 0.15) is 35.2 Å². The van der Waals surface area contributed by atoms with Crippen LogP contribution in [0, 0.1) is 11.6 Å². The predicted octanol–water partition coefficient (Wildman–Crippen LogP) is 3.30. The Labute approximate surface area is 154 Å². The number of piperidine rings is 1. The van der Waals surface area contributed by atoms with Crippen molar-refractivity contribution < 1.29 is 22.8 Å². The Morgan fingerprint density at radius 2 is 2.07 bits per heavy atom. The van der Waals surface area contributed by atoms with Gasteiger partial charge in [-0.1, -0.05) is 0 Å². The predicted molar refractivity (Wildman–Crippen MR) is 93.4 cm³/mol. The molecule has 6 nitrogen and oxygen atoms in total. The van der Waals surface area contributed by atoms with Crippen molar-refractivity contribution in [1.82, 2.24) is 10.2 Å². The van der Waals surface area contributed by atoms with Gasteiger partial charge in [0.2, 0.25) is 0 Å². The number of urea groups is 1. The molecule has 1 spiro atoms. The van der Waals surface area contributed by atoms with Crippen molar-refractivity contribution >= 4 is 17.5 Å². The highest BCUT2D eigenvalue weighted by Gasteiger charge is 2.42. The zero-order valence-corrected chi connectivity index (χ0v) is 14.6. The van der Waals surface area contributed by atoms with Gasteiger partial charge in [0, 0.05) is 48.8 Å². The first-order chi connectivity index (χ1) is 13.0. The number of fused-ring (bicyclic) bond motifs is 1. The molecular weight excluding hydrogens is 356 g/mol. The third-order valence-corrected chi connectivity index (χ3v) is 5.28. The molecule has 0 atom stereocenters. The summed E-state index contributed by atoms with van der Waals surface area (Å²) in [6.45, 7) is 1.25. The highest BCUT2D eigenvalue weighted by molar-refractivity contribution is 6.04. The van der Waals surface area contributed by atoms with Crippen LogP contribution in [0.5, 0.6) is 0 Å². The number of hydrogen-bond acceptors (Lipinski definition) is 4. The first-order valence-corrected chi connectivity index (χ1v) is 8.80. The van der Waals surface area contributed by atoms with E-state index in [4.69, 9.17) is 4.42 Å². The molecule has 142 valence electrons. The SMILES string of the molecule is O=C1CC2(CCN(C(=O)NCc3ccoc3)CC2)Nc2c(F)cc(F)cc21. The maximum atomic E-state index is 14.1. The van der Waals surface area contributed by atoms with Crippen molar-refractivity contribution in [2.45, 2.75) is 31.3 Å². The number of furan rings is 1. The summed E-state index contributed by atoms with van der Waals surface area (Å²) in [6, 6.07) is 3.43. The smallest absolute Gasteiger partial charge is 0.317 e. The van der Waals surface area contributed by atoms with E-state index in [0.29, 0.717) is 32.5 Å². The standard InChI is InChI=1S/C19H19F2N3O3/c20-13-7-14-16(25)9-19(23-17(14)15(21)8-13)2-4-24(5-3-19)18(26)22-10-12-1-6-27-11-12/h1,6-8,11,23H,2-5,9-10H2,(H,22,26). The van der Waals surface area contributed by atoms with E-state index < -0.39 is 17.2 Å². The summed E-state index contributed by atoms with van der Waals surface area (Å²) in [7, 11) is 0. The number of ketones is 1. The molecule has 27 heavy (non-hydrogen) atoms. The van der Waals surface area contributed by atoms with Gasteiger partial charge in [-0.3, -0.25) is 4.79 Å². The molecule has 0 bridgehead atoms. The lowest BCUT2D eigenvalue weighted by Crippen LogP contribution is -2.55. The molecule has 4 rings (SSSR count). The van der Waals surface area contributed by atoms with Gasteiger partial charge in [-0.15, -0.1) is 0 Å². The molecule has 2 aromatic rings. The molecule has 1 saturated heterocycles. The van der Waals surface area contributed by atoms with Crippen molar-refractivity contribution in [1.29, 1.82) is 0 Å². The number of rotatable bonds is 2. The molecule has 0 radical (unpaired) electrons. The fourth-order valence-corrected chi connectivity index (χ4v) is 3.75. The molecule has 0 saturated carbocycles. The molecule has 2 amide bonds. The lowest BCUT2D eigenvalue weighted by molar-refractivity contribution is 0.0914. The number of carbonyl (C=O) groups excluding carboxylic acids is 2. The highest BCUT2D eigenvalue weighted by atomic mass is 19.1. The minimum atomic E-state index is -0.766. The number of amides is 2. The summed E-state index contributed by atoms with van der Waals surface area (Å²) >= 11 is 0. The fraction of sp³-hybridized carbons (Fsp3) is 0.368. The molecule has 1 aromatic carbocycles. The molecule has 2 N–H and O–H groups in total. The van der Waals surface area contributed by atoms with E-state index in [1.807, 2.05) is 0 Å². The molecule has 1 fully saturated rings. The van der Waals surface area contributed by atoms with Gasteiger partial charge in [-0.2, -0.15) is 0 Å². The lowest BCUT2D eigenvalue weighted by Gasteiger charge is -2.45. The van der Waals surface area contributed by atoms with Crippen LogP contribution in [-0.4, -0.2) is 35.3 Å². The van der Waals surface area contributed by atoms with Gasteiger partial charge in [-0.05, 0) is 25.0 Å². The number of nitrogens with zero attached hydrogens (tertiary/aromatic N) is 1. The van der Waals surface area contributed by atoms with Crippen LogP contribution >= 0.6 is 0 Å². The molecule has 0 unspecified atom stereocenters. The second-order valence-corrected chi connectivity index (χ2v) is 7.09. The first kappa shape index (κ1) is 17.5. The summed E-state index contributed by atoms with van der Waals surface area (Å²) in [6.07, 6.45) is 4.29. The molecule has 8 heteroatoms. The zero-order valence-electron chi connectivity index (χ0n) is 14.6. The minimum absolute atomic E-state index is 0.0541. The minimum Gasteiger partial charge on any atom is -0.472 e. The Bertz CT molecular complexity index is 875. The molecule has 1 aromatic heterocycles. The topological polar surface area (TPSA) is 74.6 Å². The first-order valence-electron chi connectivity index (χ1n) is 8.80. The van der Waals surface area contributed by atoms with Crippen LogP contribution in [0.4, 0.5) is 19.3 Å². The molecule has 2 aliphatic heterocycles. The Hall–Kier alpha value is -2.90. The largest absolute Gasteiger partial charge is 0.472 e. The van der Waals surface area contributed by atoms with Gasteiger partial charge in [0.05, 0.1) is 18.2 Å². The van der Waals surface area contributed by atoms with E-state index in [0.717, 1.165) is 17.7 Å². The summed E-state index contributed by atoms with van der Waals surface area (Å²) in [4.78, 5) is 26.4. The van der Waals surface area contributed by atoms with Crippen molar-refractivity contribution in [3.8, 4) is 0 Å². The summed E-state index contributed by atoms with van der Waals surface area (Å²) < 4.78 is 32.5. The number of halogens is 2. The second kappa shape index (κ2) is 6.68. The quantitative estimate of drug-likeness (QED) is 0.845. The zero-order chi connectivity index (χ0) is 19.0. The van der Waals surface area contributed by atoms with E-state index in [2.05, 4.69) is 10.6 Å². The van der Waals surface area contributed by atoms with Gasteiger partial charge < -0.3 is 20.0 Å². The van der Waals surface area contributed by atoms with Crippen LogP contribution in [0.3, 0.4) is 0 Å². The van der Waals surface area contributed by atoms with Crippen molar-refractivity contribution in [2.75, 3.05) is 18.4 Å². The van der Waals surface area contributed by atoms with Crippen LogP contribution in [-0.2, 0) is 6.54 Å². The van der Waals surface area contributed by atoms with Crippen molar-refractivity contribution in [3.05, 3.63) is 53.5 Å². The molecule has 0 aliphatic carbocycles.